The molecule has 0 saturated carbocycles. The lowest BCUT2D eigenvalue weighted by Gasteiger charge is -2.06. The predicted octanol–water partition coefficient (Wildman–Crippen LogP) is 4.70. The van der Waals surface area contributed by atoms with E-state index in [2.05, 4.69) is 39.2 Å². The number of carbonyl (C=O) groups is 1. The van der Waals surface area contributed by atoms with Crippen LogP contribution in [0.15, 0.2) is 39.8 Å². The first-order valence-corrected chi connectivity index (χ1v) is 8.08. The van der Waals surface area contributed by atoms with Crippen molar-refractivity contribution in [3.05, 3.63) is 57.1 Å². The fourth-order valence-corrected chi connectivity index (χ4v) is 3.33. The van der Waals surface area contributed by atoms with Crippen LogP contribution in [0.4, 0.5) is 11.4 Å². The number of carbonyl (C=O) groups excluding carboxylic acids is 1. The van der Waals surface area contributed by atoms with Crippen molar-refractivity contribution in [1.82, 2.24) is 0 Å². The molecule has 22 heavy (non-hydrogen) atoms. The maximum Gasteiger partial charge on any atom is 0.275 e. The lowest BCUT2D eigenvalue weighted by Crippen LogP contribution is -2.14. The minimum Gasteiger partial charge on any atom is -0.320 e. The van der Waals surface area contributed by atoms with Gasteiger partial charge in [0.2, 0.25) is 0 Å². The summed E-state index contributed by atoms with van der Waals surface area (Å²) in [5.41, 5.74) is 6.45. The highest BCUT2D eigenvalue weighted by molar-refractivity contribution is 9.10. The van der Waals surface area contributed by atoms with E-state index in [-0.39, 0.29) is 5.91 Å². The van der Waals surface area contributed by atoms with Crippen LogP contribution in [0.25, 0.3) is 0 Å². The van der Waals surface area contributed by atoms with Gasteiger partial charge < -0.3 is 5.32 Å². The number of anilines is 1. The number of rotatable bonds is 2. The van der Waals surface area contributed by atoms with Gasteiger partial charge >= 0.3 is 0 Å². The van der Waals surface area contributed by atoms with E-state index in [9.17, 15) is 4.79 Å². The summed E-state index contributed by atoms with van der Waals surface area (Å²) in [6.45, 7) is 6.14. The van der Waals surface area contributed by atoms with Crippen LogP contribution in [0.5, 0.6) is 0 Å². The highest BCUT2D eigenvalue weighted by Gasteiger charge is 2.28. The number of fused-ring (bicyclic) bond motifs is 1. The number of hydrogen-bond acceptors (Lipinski definition) is 2. The van der Waals surface area contributed by atoms with Gasteiger partial charge in [-0.1, -0.05) is 28.9 Å². The molecule has 3 rings (SSSR count). The SMILES string of the molecule is CCc1cc(Br)cc2c1NC(=O)C2=Nc1cc(C)cc(C)c1. The normalized spacial score (nSPS) is 15.1. The Bertz CT molecular complexity index is 789. The summed E-state index contributed by atoms with van der Waals surface area (Å²) in [7, 11) is 0. The fourth-order valence-electron chi connectivity index (χ4n) is 2.83. The quantitative estimate of drug-likeness (QED) is 0.832. The molecule has 0 spiro atoms. The van der Waals surface area contributed by atoms with Crippen LogP contribution in [-0.2, 0) is 11.2 Å². The lowest BCUT2D eigenvalue weighted by atomic mass is 10.0. The van der Waals surface area contributed by atoms with E-state index in [1.165, 1.54) is 0 Å². The van der Waals surface area contributed by atoms with E-state index < -0.39 is 0 Å². The Morgan fingerprint density at radius 2 is 1.77 bits per heavy atom. The van der Waals surface area contributed by atoms with Gasteiger partial charge in [0.1, 0.15) is 5.71 Å². The van der Waals surface area contributed by atoms with Crippen molar-refractivity contribution in [2.75, 3.05) is 5.32 Å². The molecule has 0 aliphatic carbocycles. The first-order chi connectivity index (χ1) is 10.5. The summed E-state index contributed by atoms with van der Waals surface area (Å²) in [4.78, 5) is 16.9. The second kappa shape index (κ2) is 5.69. The monoisotopic (exact) mass is 356 g/mol. The Kier molecular flexibility index (Phi) is 3.87. The molecule has 2 aromatic rings. The lowest BCUT2D eigenvalue weighted by molar-refractivity contribution is -0.110. The number of halogens is 1. The summed E-state index contributed by atoms with van der Waals surface area (Å²) >= 11 is 3.52. The summed E-state index contributed by atoms with van der Waals surface area (Å²) in [6, 6.07) is 10.1. The van der Waals surface area contributed by atoms with Gasteiger partial charge in [0.25, 0.3) is 5.91 Å². The molecule has 0 saturated heterocycles. The number of aryl methyl sites for hydroxylation is 3. The first-order valence-electron chi connectivity index (χ1n) is 7.29. The molecule has 2 aromatic carbocycles. The van der Waals surface area contributed by atoms with Crippen LogP contribution in [0.3, 0.4) is 0 Å². The predicted molar refractivity (Wildman–Crippen MR) is 94.3 cm³/mol. The van der Waals surface area contributed by atoms with Gasteiger partial charge in [0.05, 0.1) is 11.4 Å². The number of amides is 1. The maximum absolute atomic E-state index is 12.3. The molecular weight excluding hydrogens is 340 g/mol. The molecule has 1 aliphatic rings. The number of nitrogens with zero attached hydrogens (tertiary/aromatic N) is 1. The summed E-state index contributed by atoms with van der Waals surface area (Å²) in [5.74, 6) is -0.137. The zero-order valence-electron chi connectivity index (χ0n) is 12.8. The highest BCUT2D eigenvalue weighted by Crippen LogP contribution is 2.33. The van der Waals surface area contributed by atoms with Crippen LogP contribution in [-0.4, -0.2) is 11.6 Å². The molecule has 0 fully saturated rings. The molecule has 0 unspecified atom stereocenters. The Balaban J connectivity index is 2.16. The van der Waals surface area contributed by atoms with Crippen molar-refractivity contribution in [1.29, 1.82) is 0 Å². The van der Waals surface area contributed by atoms with E-state index in [4.69, 9.17) is 0 Å². The van der Waals surface area contributed by atoms with Gasteiger partial charge in [-0.25, -0.2) is 4.99 Å². The highest BCUT2D eigenvalue weighted by atomic mass is 79.9. The third-order valence-corrected chi connectivity index (χ3v) is 4.18. The third kappa shape index (κ3) is 2.71. The molecule has 1 N–H and O–H groups in total. The second-order valence-corrected chi connectivity index (χ2v) is 6.52. The van der Waals surface area contributed by atoms with E-state index in [1.807, 2.05) is 38.1 Å². The van der Waals surface area contributed by atoms with Gasteiger partial charge in [-0.05, 0) is 61.2 Å². The third-order valence-electron chi connectivity index (χ3n) is 3.72. The molecule has 1 heterocycles. The summed E-state index contributed by atoms with van der Waals surface area (Å²) < 4.78 is 0.965. The molecular formula is C18H17BrN2O. The molecule has 1 aliphatic heterocycles. The average molecular weight is 357 g/mol. The van der Waals surface area contributed by atoms with Gasteiger partial charge in [-0.3, -0.25) is 4.79 Å². The Labute approximate surface area is 138 Å². The Morgan fingerprint density at radius 3 is 2.41 bits per heavy atom. The van der Waals surface area contributed by atoms with E-state index >= 15 is 0 Å². The number of nitrogens with one attached hydrogen (secondary N) is 1. The topological polar surface area (TPSA) is 41.5 Å². The molecule has 4 heteroatoms. The van der Waals surface area contributed by atoms with Crippen LogP contribution in [0.1, 0.15) is 29.2 Å². The van der Waals surface area contributed by atoms with Crippen LogP contribution in [0, 0.1) is 13.8 Å². The van der Waals surface area contributed by atoms with E-state index in [0.717, 1.165) is 44.5 Å². The van der Waals surface area contributed by atoms with Crippen molar-refractivity contribution < 1.29 is 4.79 Å². The molecule has 0 atom stereocenters. The van der Waals surface area contributed by atoms with Gasteiger partial charge in [-0.15, -0.1) is 0 Å². The molecule has 1 amide bonds. The fraction of sp³-hybridized carbons (Fsp3) is 0.222. The van der Waals surface area contributed by atoms with Gasteiger partial charge in [0, 0.05) is 10.0 Å². The molecule has 0 aromatic heterocycles. The second-order valence-electron chi connectivity index (χ2n) is 5.60. The maximum atomic E-state index is 12.3. The van der Waals surface area contributed by atoms with Crippen molar-refractivity contribution in [3.8, 4) is 0 Å². The Hall–Kier alpha value is -1.94. The minimum atomic E-state index is -0.137. The van der Waals surface area contributed by atoms with Gasteiger partial charge in [0.15, 0.2) is 0 Å². The van der Waals surface area contributed by atoms with E-state index in [1.54, 1.807) is 0 Å². The zero-order valence-corrected chi connectivity index (χ0v) is 14.4. The van der Waals surface area contributed by atoms with Crippen molar-refractivity contribution >= 4 is 38.9 Å². The number of aliphatic imine (C=N–C) groups is 1. The van der Waals surface area contributed by atoms with Gasteiger partial charge in [-0.2, -0.15) is 0 Å². The van der Waals surface area contributed by atoms with Crippen molar-refractivity contribution in [3.63, 3.8) is 0 Å². The molecule has 112 valence electrons. The number of hydrogen-bond donors (Lipinski definition) is 1. The first kappa shape index (κ1) is 15.0. The van der Waals surface area contributed by atoms with Crippen LogP contribution in [0.2, 0.25) is 0 Å². The average Bonchev–Trinajstić information content (AvgIpc) is 2.74. The summed E-state index contributed by atoms with van der Waals surface area (Å²) in [5, 5.41) is 2.95. The largest absolute Gasteiger partial charge is 0.320 e. The van der Waals surface area contributed by atoms with Crippen LogP contribution < -0.4 is 5.32 Å². The van der Waals surface area contributed by atoms with Crippen molar-refractivity contribution in [2.45, 2.75) is 27.2 Å². The molecule has 3 nitrogen and oxygen atoms in total. The zero-order chi connectivity index (χ0) is 15.9. The standard InChI is InChI=1S/C18H17BrN2O/c1-4-12-8-13(19)9-15-16(12)21-18(22)17(15)20-14-6-10(2)5-11(3)7-14/h5-9H,4H2,1-3H3,(H,20,21,22). The molecule has 0 bridgehead atoms. The smallest absolute Gasteiger partial charge is 0.275 e. The number of benzene rings is 2. The van der Waals surface area contributed by atoms with E-state index in [0.29, 0.717) is 5.71 Å². The van der Waals surface area contributed by atoms with Crippen molar-refractivity contribution in [2.24, 2.45) is 4.99 Å². The summed E-state index contributed by atoms with van der Waals surface area (Å²) in [6.07, 6.45) is 0.860. The Morgan fingerprint density at radius 1 is 1.09 bits per heavy atom. The minimum absolute atomic E-state index is 0.137. The molecule has 0 radical (unpaired) electrons. The van der Waals surface area contributed by atoms with Crippen LogP contribution >= 0.6 is 15.9 Å².